The lowest BCUT2D eigenvalue weighted by Gasteiger charge is -2.28. The van der Waals surface area contributed by atoms with Crippen LogP contribution in [0.1, 0.15) is 35.2 Å². The van der Waals surface area contributed by atoms with Crippen LogP contribution in [0.4, 0.5) is 0 Å². The van der Waals surface area contributed by atoms with Crippen LogP contribution >= 0.6 is 11.3 Å². The van der Waals surface area contributed by atoms with Crippen molar-refractivity contribution in [1.29, 1.82) is 0 Å². The Kier molecular flexibility index (Phi) is 4.45. The van der Waals surface area contributed by atoms with Crippen LogP contribution in [0.3, 0.4) is 0 Å². The van der Waals surface area contributed by atoms with Gasteiger partial charge < -0.3 is 4.90 Å². The molecule has 4 heterocycles. The van der Waals surface area contributed by atoms with E-state index in [1.54, 1.807) is 10.5 Å². The summed E-state index contributed by atoms with van der Waals surface area (Å²) >= 11 is 1.82. The number of quaternary nitrogens is 1. The van der Waals surface area contributed by atoms with E-state index in [4.69, 9.17) is 9.97 Å². The lowest BCUT2D eigenvalue weighted by atomic mass is 9.98. The highest BCUT2D eigenvalue weighted by atomic mass is 32.1. The lowest BCUT2D eigenvalue weighted by Crippen LogP contribution is -3.12. The normalized spacial score (nSPS) is 20.0. The highest BCUT2D eigenvalue weighted by Gasteiger charge is 2.27. The van der Waals surface area contributed by atoms with Gasteiger partial charge in [-0.1, -0.05) is 18.2 Å². The quantitative estimate of drug-likeness (QED) is 0.584. The van der Waals surface area contributed by atoms with E-state index in [0.717, 1.165) is 42.2 Å². The topological polar surface area (TPSA) is 51.7 Å². The van der Waals surface area contributed by atoms with Gasteiger partial charge in [-0.15, -0.1) is 11.3 Å². The molecule has 6 heteroatoms. The molecule has 142 valence electrons. The molecule has 1 aliphatic heterocycles. The number of pyridine rings is 1. The van der Waals surface area contributed by atoms with Crippen molar-refractivity contribution in [2.24, 2.45) is 0 Å². The van der Waals surface area contributed by atoms with Crippen molar-refractivity contribution in [1.82, 2.24) is 14.4 Å². The fraction of sp³-hybridized carbons (Fsp3) is 0.318. The van der Waals surface area contributed by atoms with E-state index in [9.17, 15) is 4.79 Å². The van der Waals surface area contributed by atoms with Gasteiger partial charge in [-0.3, -0.25) is 9.20 Å². The molecular weight excluding hydrogens is 368 g/mol. The first-order chi connectivity index (χ1) is 13.7. The van der Waals surface area contributed by atoms with E-state index in [2.05, 4.69) is 24.3 Å². The summed E-state index contributed by atoms with van der Waals surface area (Å²) in [5, 5.41) is 1.25. The summed E-state index contributed by atoms with van der Waals surface area (Å²) in [6.07, 6.45) is 2.37. The third kappa shape index (κ3) is 3.23. The van der Waals surface area contributed by atoms with Crippen molar-refractivity contribution in [2.45, 2.75) is 32.2 Å². The Balaban J connectivity index is 1.38. The second-order valence-electron chi connectivity index (χ2n) is 7.69. The molecule has 3 aromatic heterocycles. The molecule has 0 saturated carbocycles. The molecule has 5 rings (SSSR count). The lowest BCUT2D eigenvalue weighted by molar-refractivity contribution is -0.920. The van der Waals surface area contributed by atoms with Gasteiger partial charge in [0, 0.05) is 11.8 Å². The van der Waals surface area contributed by atoms with Crippen molar-refractivity contribution >= 4 is 27.2 Å². The summed E-state index contributed by atoms with van der Waals surface area (Å²) < 4.78 is 2.95. The largest absolute Gasteiger partial charge is 0.329 e. The van der Waals surface area contributed by atoms with Gasteiger partial charge in [0.05, 0.1) is 29.2 Å². The van der Waals surface area contributed by atoms with Gasteiger partial charge in [0.25, 0.3) is 5.56 Å². The van der Waals surface area contributed by atoms with E-state index < -0.39 is 0 Å². The van der Waals surface area contributed by atoms with Gasteiger partial charge in [-0.05, 0) is 44.0 Å². The number of likely N-dealkylation sites (tertiary alicyclic amines) is 1. The van der Waals surface area contributed by atoms with Crippen LogP contribution in [0, 0.1) is 6.92 Å². The molecule has 1 saturated heterocycles. The molecule has 1 N–H and O–H groups in total. The molecule has 0 bridgehead atoms. The van der Waals surface area contributed by atoms with Crippen LogP contribution in [0.2, 0.25) is 0 Å². The number of rotatable bonds is 3. The number of hydrogen-bond donors (Lipinski definition) is 1. The first kappa shape index (κ1) is 17.5. The van der Waals surface area contributed by atoms with Crippen molar-refractivity contribution in [3.8, 4) is 0 Å². The number of fused-ring (bicyclic) bond motifs is 2. The number of aryl methyl sites for hydroxylation is 1. The molecule has 0 amide bonds. The number of aromatic nitrogens is 3. The Morgan fingerprint density at radius 2 is 2.07 bits per heavy atom. The minimum atomic E-state index is 0.0113. The van der Waals surface area contributed by atoms with Crippen LogP contribution in [0.15, 0.2) is 53.3 Å². The van der Waals surface area contributed by atoms with Gasteiger partial charge in [-0.25, -0.2) is 9.97 Å². The Hall–Kier alpha value is -2.57. The van der Waals surface area contributed by atoms with E-state index in [1.807, 2.05) is 36.5 Å². The minimum Gasteiger partial charge on any atom is -0.329 e. The molecular formula is C22H23N4OS+. The Labute approximate surface area is 167 Å². The van der Waals surface area contributed by atoms with Crippen molar-refractivity contribution in [2.75, 3.05) is 13.1 Å². The first-order valence-corrected chi connectivity index (χ1v) is 10.7. The van der Waals surface area contributed by atoms with Gasteiger partial charge in [-0.2, -0.15) is 0 Å². The van der Waals surface area contributed by atoms with Crippen LogP contribution in [-0.2, 0) is 6.54 Å². The zero-order valence-electron chi connectivity index (χ0n) is 15.9. The summed E-state index contributed by atoms with van der Waals surface area (Å²) in [6.45, 7) is 4.90. The monoisotopic (exact) mass is 391 g/mol. The van der Waals surface area contributed by atoms with Crippen LogP contribution in [0.5, 0.6) is 0 Å². The van der Waals surface area contributed by atoms with Gasteiger partial charge in [0.1, 0.15) is 22.9 Å². The zero-order valence-corrected chi connectivity index (χ0v) is 16.7. The van der Waals surface area contributed by atoms with E-state index >= 15 is 0 Å². The summed E-state index contributed by atoms with van der Waals surface area (Å²) in [7, 11) is 0. The Morgan fingerprint density at radius 1 is 1.18 bits per heavy atom. The van der Waals surface area contributed by atoms with Crippen molar-refractivity contribution < 1.29 is 4.90 Å². The molecule has 0 aliphatic carbocycles. The minimum absolute atomic E-state index is 0.0113. The molecule has 1 aliphatic rings. The molecule has 0 spiro atoms. The molecule has 2 atom stereocenters. The summed E-state index contributed by atoms with van der Waals surface area (Å²) in [5.41, 5.74) is 3.66. The van der Waals surface area contributed by atoms with E-state index in [-0.39, 0.29) is 5.56 Å². The average molecular weight is 392 g/mol. The maximum absolute atomic E-state index is 12.6. The SMILES string of the molecule is Cc1cccc2nc(C[NH+]3CCC[C@@H](c4nc5ccccc5s4)C3)cc(=O)n12. The summed E-state index contributed by atoms with van der Waals surface area (Å²) in [4.78, 5) is 23.7. The van der Waals surface area contributed by atoms with Crippen molar-refractivity contribution in [3.05, 3.63) is 75.3 Å². The fourth-order valence-corrected chi connectivity index (χ4v) is 5.40. The predicted octanol–water partition coefficient (Wildman–Crippen LogP) is 2.58. The number of thiazole rings is 1. The maximum Gasteiger partial charge on any atom is 0.258 e. The standard InChI is InChI=1S/C22H22N4OS/c1-15-6-4-10-20-23-17(12-21(27)26(15)20)14-25-11-5-7-16(13-25)22-24-18-8-2-3-9-19(18)28-22/h2-4,6,8-10,12,16H,5,7,11,13-14H2,1H3/p+1/t16-/m1/s1. The zero-order chi connectivity index (χ0) is 19.1. The highest BCUT2D eigenvalue weighted by molar-refractivity contribution is 7.18. The predicted molar refractivity (Wildman–Crippen MR) is 112 cm³/mol. The van der Waals surface area contributed by atoms with Gasteiger partial charge in [0.15, 0.2) is 0 Å². The van der Waals surface area contributed by atoms with Crippen LogP contribution in [-0.4, -0.2) is 27.5 Å². The number of nitrogens with one attached hydrogen (secondary N) is 1. The molecule has 1 unspecified atom stereocenters. The second kappa shape index (κ2) is 7.11. The molecule has 1 aromatic carbocycles. The average Bonchev–Trinajstić information content (AvgIpc) is 3.12. The number of benzene rings is 1. The number of nitrogens with zero attached hydrogens (tertiary/aromatic N) is 3. The summed E-state index contributed by atoms with van der Waals surface area (Å²) in [6, 6.07) is 15.9. The molecule has 1 fully saturated rings. The third-order valence-electron chi connectivity index (χ3n) is 5.64. The van der Waals surface area contributed by atoms with Crippen LogP contribution < -0.4 is 10.5 Å². The number of piperidine rings is 1. The first-order valence-electron chi connectivity index (χ1n) is 9.85. The maximum atomic E-state index is 12.6. The molecule has 4 aromatic rings. The smallest absolute Gasteiger partial charge is 0.258 e. The van der Waals surface area contributed by atoms with Gasteiger partial charge in [0.2, 0.25) is 0 Å². The fourth-order valence-electron chi connectivity index (χ4n) is 4.30. The number of hydrogen-bond acceptors (Lipinski definition) is 4. The Morgan fingerprint density at radius 3 is 2.96 bits per heavy atom. The summed E-state index contributed by atoms with van der Waals surface area (Å²) in [5.74, 6) is 0.491. The van der Waals surface area contributed by atoms with E-state index in [0.29, 0.717) is 5.92 Å². The highest BCUT2D eigenvalue weighted by Crippen LogP contribution is 2.30. The second-order valence-corrected chi connectivity index (χ2v) is 8.75. The van der Waals surface area contributed by atoms with Crippen molar-refractivity contribution in [3.63, 3.8) is 0 Å². The van der Waals surface area contributed by atoms with Crippen LogP contribution in [0.25, 0.3) is 15.9 Å². The Bertz CT molecular complexity index is 1180. The molecule has 5 nitrogen and oxygen atoms in total. The number of para-hydroxylation sites is 1. The molecule has 0 radical (unpaired) electrons. The van der Waals surface area contributed by atoms with Gasteiger partial charge >= 0.3 is 0 Å². The van der Waals surface area contributed by atoms with E-state index in [1.165, 1.54) is 27.4 Å². The third-order valence-corrected chi connectivity index (χ3v) is 6.84. The molecule has 28 heavy (non-hydrogen) atoms.